The molecule has 0 unspecified atom stereocenters. The average Bonchev–Trinajstić information content (AvgIpc) is 3.20. The summed E-state index contributed by atoms with van der Waals surface area (Å²) in [6.45, 7) is 0. The van der Waals surface area contributed by atoms with Crippen molar-refractivity contribution in [1.29, 1.82) is 0 Å². The van der Waals surface area contributed by atoms with Crippen LogP contribution < -0.4 is 9.47 Å². The van der Waals surface area contributed by atoms with Gasteiger partial charge in [0, 0.05) is 22.7 Å². The molecule has 0 fully saturated rings. The Morgan fingerprint density at radius 2 is 1.82 bits per heavy atom. The highest BCUT2D eigenvalue weighted by atomic mass is 35.5. The summed E-state index contributed by atoms with van der Waals surface area (Å²) < 4.78 is 16.0. The standard InChI is InChI=1S/C24H15ClN2O7/c1-32-21-11-8-16(25)13-18(21)22-26-19(24(29)34-22)12-15-4-2-3-5-20(15)33-23(28)14-6-9-17(10-7-14)27(30)31/h2-13H,1H3/b19-12-. The van der Waals surface area contributed by atoms with E-state index in [1.807, 2.05) is 0 Å². The predicted octanol–water partition coefficient (Wildman–Crippen LogP) is 4.82. The summed E-state index contributed by atoms with van der Waals surface area (Å²) in [4.78, 5) is 39.5. The van der Waals surface area contributed by atoms with Gasteiger partial charge in [0.05, 0.1) is 23.2 Å². The van der Waals surface area contributed by atoms with E-state index < -0.39 is 16.9 Å². The van der Waals surface area contributed by atoms with Crippen LogP contribution in [0.2, 0.25) is 5.02 Å². The van der Waals surface area contributed by atoms with Gasteiger partial charge in [0.1, 0.15) is 11.5 Å². The number of hydrogen-bond donors (Lipinski definition) is 0. The van der Waals surface area contributed by atoms with E-state index in [9.17, 15) is 19.7 Å². The molecule has 3 aromatic carbocycles. The third-order valence-electron chi connectivity index (χ3n) is 4.74. The van der Waals surface area contributed by atoms with Gasteiger partial charge in [-0.1, -0.05) is 29.8 Å². The fraction of sp³-hybridized carbons (Fsp3) is 0.0417. The molecule has 10 heteroatoms. The van der Waals surface area contributed by atoms with E-state index in [-0.39, 0.29) is 28.6 Å². The molecule has 1 aliphatic heterocycles. The van der Waals surface area contributed by atoms with Gasteiger partial charge in [-0.2, -0.15) is 0 Å². The highest BCUT2D eigenvalue weighted by Gasteiger charge is 2.27. The summed E-state index contributed by atoms with van der Waals surface area (Å²) in [5, 5.41) is 11.2. The van der Waals surface area contributed by atoms with Crippen LogP contribution in [0.3, 0.4) is 0 Å². The predicted molar refractivity (Wildman–Crippen MR) is 123 cm³/mol. The van der Waals surface area contributed by atoms with Crippen molar-refractivity contribution in [2.24, 2.45) is 4.99 Å². The van der Waals surface area contributed by atoms with Gasteiger partial charge < -0.3 is 14.2 Å². The van der Waals surface area contributed by atoms with E-state index in [1.54, 1.807) is 42.5 Å². The molecule has 0 aliphatic carbocycles. The lowest BCUT2D eigenvalue weighted by molar-refractivity contribution is -0.384. The first-order valence-corrected chi connectivity index (χ1v) is 10.2. The molecule has 0 atom stereocenters. The topological polar surface area (TPSA) is 117 Å². The van der Waals surface area contributed by atoms with Crippen LogP contribution in [0.1, 0.15) is 21.5 Å². The van der Waals surface area contributed by atoms with Crippen molar-refractivity contribution in [3.05, 3.63) is 104 Å². The Bertz CT molecular complexity index is 1360. The van der Waals surface area contributed by atoms with E-state index in [0.29, 0.717) is 21.9 Å². The second-order valence-electron chi connectivity index (χ2n) is 6.91. The summed E-state index contributed by atoms with van der Waals surface area (Å²) in [7, 11) is 1.47. The fourth-order valence-electron chi connectivity index (χ4n) is 3.09. The van der Waals surface area contributed by atoms with Crippen LogP contribution >= 0.6 is 11.6 Å². The maximum Gasteiger partial charge on any atom is 0.363 e. The van der Waals surface area contributed by atoms with Crippen LogP contribution in [0.15, 0.2) is 77.4 Å². The van der Waals surface area contributed by atoms with Gasteiger partial charge in [0.25, 0.3) is 5.69 Å². The van der Waals surface area contributed by atoms with Gasteiger partial charge in [0.15, 0.2) is 5.70 Å². The molecule has 1 heterocycles. The highest BCUT2D eigenvalue weighted by molar-refractivity contribution is 6.31. The molecule has 0 aromatic heterocycles. The van der Waals surface area contributed by atoms with Crippen molar-refractivity contribution < 1.29 is 28.7 Å². The number of ether oxygens (including phenoxy) is 3. The number of benzene rings is 3. The number of cyclic esters (lactones) is 1. The van der Waals surface area contributed by atoms with Crippen LogP contribution in [0, 0.1) is 10.1 Å². The fourth-order valence-corrected chi connectivity index (χ4v) is 3.26. The molecule has 9 nitrogen and oxygen atoms in total. The minimum Gasteiger partial charge on any atom is -0.496 e. The number of halogens is 1. The first-order chi connectivity index (χ1) is 16.4. The molecule has 4 rings (SSSR count). The van der Waals surface area contributed by atoms with E-state index >= 15 is 0 Å². The summed E-state index contributed by atoms with van der Waals surface area (Å²) in [5.41, 5.74) is 0.765. The van der Waals surface area contributed by atoms with E-state index in [0.717, 1.165) is 0 Å². The van der Waals surface area contributed by atoms with Crippen LogP contribution in [0.4, 0.5) is 5.69 Å². The molecule has 170 valence electrons. The number of non-ortho nitro benzene ring substituents is 1. The van der Waals surface area contributed by atoms with E-state index in [1.165, 1.54) is 37.5 Å². The van der Waals surface area contributed by atoms with Gasteiger partial charge in [-0.25, -0.2) is 14.6 Å². The first-order valence-electron chi connectivity index (χ1n) is 9.78. The first kappa shape index (κ1) is 22.7. The van der Waals surface area contributed by atoms with E-state index in [4.69, 9.17) is 25.8 Å². The Labute approximate surface area is 198 Å². The minimum absolute atomic E-state index is 0.0177. The SMILES string of the molecule is COc1ccc(Cl)cc1C1=N/C(=C\c2ccccc2OC(=O)c2ccc([N+](=O)[O-])cc2)C(=O)O1. The molecule has 0 amide bonds. The average molecular weight is 479 g/mol. The van der Waals surface area contributed by atoms with Crippen LogP contribution in [0.25, 0.3) is 6.08 Å². The van der Waals surface area contributed by atoms with Crippen molar-refractivity contribution in [2.75, 3.05) is 7.11 Å². The van der Waals surface area contributed by atoms with Crippen molar-refractivity contribution in [3.63, 3.8) is 0 Å². The number of nitro groups is 1. The summed E-state index contributed by atoms with van der Waals surface area (Å²) >= 11 is 6.05. The number of rotatable bonds is 6. The van der Waals surface area contributed by atoms with Crippen molar-refractivity contribution in [1.82, 2.24) is 0 Å². The Morgan fingerprint density at radius 3 is 2.53 bits per heavy atom. The molecule has 0 N–H and O–H groups in total. The lowest BCUT2D eigenvalue weighted by atomic mass is 10.1. The van der Waals surface area contributed by atoms with Crippen molar-refractivity contribution in [2.45, 2.75) is 0 Å². The largest absolute Gasteiger partial charge is 0.496 e. The molecule has 1 aliphatic rings. The number of carbonyl (C=O) groups excluding carboxylic acids is 2. The maximum absolute atomic E-state index is 12.5. The molecule has 0 saturated carbocycles. The van der Waals surface area contributed by atoms with Gasteiger partial charge in [-0.05, 0) is 42.5 Å². The number of methoxy groups -OCH3 is 1. The number of nitro benzene ring substituents is 1. The molecular formula is C24H15ClN2O7. The molecule has 0 radical (unpaired) electrons. The lowest BCUT2D eigenvalue weighted by Gasteiger charge is -2.07. The van der Waals surface area contributed by atoms with Crippen molar-refractivity contribution in [3.8, 4) is 11.5 Å². The highest BCUT2D eigenvalue weighted by Crippen LogP contribution is 2.29. The number of nitrogens with zero attached hydrogens (tertiary/aromatic N) is 2. The monoisotopic (exact) mass is 478 g/mol. The number of hydrogen-bond acceptors (Lipinski definition) is 8. The van der Waals surface area contributed by atoms with E-state index in [2.05, 4.69) is 4.99 Å². The van der Waals surface area contributed by atoms with Gasteiger partial charge >= 0.3 is 11.9 Å². The minimum atomic E-state index is -0.720. The zero-order valence-electron chi connectivity index (χ0n) is 17.6. The number of carbonyl (C=O) groups is 2. The smallest absolute Gasteiger partial charge is 0.363 e. The zero-order chi connectivity index (χ0) is 24.2. The Kier molecular flexibility index (Phi) is 6.37. The van der Waals surface area contributed by atoms with Crippen LogP contribution in [-0.4, -0.2) is 29.9 Å². The zero-order valence-corrected chi connectivity index (χ0v) is 18.3. The normalized spacial score (nSPS) is 13.9. The molecule has 0 spiro atoms. The number of para-hydroxylation sites is 1. The maximum atomic E-state index is 12.5. The molecule has 0 bridgehead atoms. The van der Waals surface area contributed by atoms with Gasteiger partial charge in [-0.15, -0.1) is 0 Å². The molecule has 3 aromatic rings. The molecular weight excluding hydrogens is 464 g/mol. The molecule has 34 heavy (non-hydrogen) atoms. The number of aliphatic imine (C=N–C) groups is 1. The van der Waals surface area contributed by atoms with Crippen LogP contribution in [0.5, 0.6) is 11.5 Å². The van der Waals surface area contributed by atoms with Crippen molar-refractivity contribution >= 4 is 41.2 Å². The Morgan fingerprint density at radius 1 is 1.09 bits per heavy atom. The third-order valence-corrected chi connectivity index (χ3v) is 4.98. The summed E-state index contributed by atoms with van der Waals surface area (Å²) in [6, 6.07) is 16.4. The third kappa shape index (κ3) is 4.79. The Balaban J connectivity index is 1.62. The second kappa shape index (κ2) is 9.55. The summed E-state index contributed by atoms with van der Waals surface area (Å²) in [6.07, 6.45) is 1.42. The van der Waals surface area contributed by atoms with Gasteiger partial charge in [-0.3, -0.25) is 10.1 Å². The second-order valence-corrected chi connectivity index (χ2v) is 7.35. The number of esters is 2. The van der Waals surface area contributed by atoms with Crippen LogP contribution in [-0.2, 0) is 9.53 Å². The lowest BCUT2D eigenvalue weighted by Crippen LogP contribution is -2.09. The Hall–Kier alpha value is -4.50. The molecule has 0 saturated heterocycles. The summed E-state index contributed by atoms with van der Waals surface area (Å²) in [5.74, 6) is -0.808. The quantitative estimate of drug-likeness (QED) is 0.164. The van der Waals surface area contributed by atoms with Gasteiger partial charge in [0.2, 0.25) is 5.90 Å².